The summed E-state index contributed by atoms with van der Waals surface area (Å²) in [6, 6.07) is 3.32. The number of carbonyl (C=O) groups excluding carboxylic acids is 1. The molecule has 0 amide bonds. The van der Waals surface area contributed by atoms with Gasteiger partial charge in [0, 0.05) is 10.7 Å². The summed E-state index contributed by atoms with van der Waals surface area (Å²) in [5.74, 6) is -1.00. The number of benzene rings is 1. The first-order valence-electron chi connectivity index (χ1n) is 5.08. The van der Waals surface area contributed by atoms with E-state index < -0.39 is 18.2 Å². The number of hydrogen-bond donors (Lipinski definition) is 2. The summed E-state index contributed by atoms with van der Waals surface area (Å²) < 4.78 is 18.2. The van der Waals surface area contributed by atoms with Crippen molar-refractivity contribution in [2.45, 2.75) is 19.1 Å². The lowest BCUT2D eigenvalue weighted by atomic mass is 10.0. The molecule has 2 atom stereocenters. The molecule has 1 unspecified atom stereocenters. The third-order valence-electron chi connectivity index (χ3n) is 2.24. The lowest BCUT2D eigenvalue weighted by Gasteiger charge is -2.17. The van der Waals surface area contributed by atoms with Crippen molar-refractivity contribution in [3.8, 4) is 0 Å². The predicted octanol–water partition coefficient (Wildman–Crippen LogP) is 1.82. The fourth-order valence-corrected chi connectivity index (χ4v) is 1.54. The molecule has 0 heterocycles. The van der Waals surface area contributed by atoms with Gasteiger partial charge in [0.05, 0.1) is 12.6 Å². The smallest absolute Gasteiger partial charge is 0.342 e. The summed E-state index contributed by atoms with van der Waals surface area (Å²) in [4.78, 5) is 11.2. The van der Waals surface area contributed by atoms with Crippen LogP contribution in [-0.4, -0.2) is 18.7 Å². The van der Waals surface area contributed by atoms with Crippen molar-refractivity contribution in [3.05, 3.63) is 28.8 Å². The topological polar surface area (TPSA) is 78.3 Å². The number of ether oxygens (including phenoxy) is 1. The molecular formula is C11H14ClFN2O2. The fraction of sp³-hybridized carbons (Fsp3) is 0.364. The van der Waals surface area contributed by atoms with Gasteiger partial charge in [0.1, 0.15) is 0 Å². The van der Waals surface area contributed by atoms with Crippen molar-refractivity contribution >= 4 is 23.3 Å². The first-order chi connectivity index (χ1) is 7.97. The summed E-state index contributed by atoms with van der Waals surface area (Å²) >= 11 is 5.76. The van der Waals surface area contributed by atoms with Crippen molar-refractivity contribution < 1.29 is 13.9 Å². The van der Waals surface area contributed by atoms with Crippen LogP contribution in [0.15, 0.2) is 18.2 Å². The highest BCUT2D eigenvalue weighted by atomic mass is 35.5. The number of alkyl halides is 1. The zero-order chi connectivity index (χ0) is 13.0. The average molecular weight is 261 g/mol. The van der Waals surface area contributed by atoms with Crippen LogP contribution in [0, 0.1) is 0 Å². The predicted molar refractivity (Wildman–Crippen MR) is 64.3 cm³/mol. The molecule has 0 aliphatic carbocycles. The minimum atomic E-state index is -1.96. The first kappa shape index (κ1) is 13.7. The minimum Gasteiger partial charge on any atom is -0.464 e. The quantitative estimate of drug-likeness (QED) is 0.639. The Morgan fingerprint density at radius 1 is 1.59 bits per heavy atom. The van der Waals surface area contributed by atoms with Crippen LogP contribution in [0.25, 0.3) is 0 Å². The van der Waals surface area contributed by atoms with Gasteiger partial charge in [0.15, 0.2) is 0 Å². The van der Waals surface area contributed by atoms with Gasteiger partial charge >= 0.3 is 5.97 Å². The number of nitrogens with two attached hydrogens (primary N) is 2. The van der Waals surface area contributed by atoms with Gasteiger partial charge in [-0.3, -0.25) is 0 Å². The summed E-state index contributed by atoms with van der Waals surface area (Å²) in [5, 5.41) is 0.376. The van der Waals surface area contributed by atoms with E-state index in [1.807, 2.05) is 0 Å². The van der Waals surface area contributed by atoms with Crippen molar-refractivity contribution in [2.24, 2.45) is 5.73 Å². The van der Waals surface area contributed by atoms with Gasteiger partial charge in [-0.2, -0.15) is 0 Å². The molecule has 6 heteroatoms. The second-order valence-corrected chi connectivity index (χ2v) is 3.89. The Morgan fingerprint density at radius 3 is 2.82 bits per heavy atom. The minimum absolute atomic E-state index is 0.0942. The maximum Gasteiger partial charge on any atom is 0.342 e. The largest absolute Gasteiger partial charge is 0.464 e. The van der Waals surface area contributed by atoms with Gasteiger partial charge in [-0.25, -0.2) is 9.18 Å². The Kier molecular flexibility index (Phi) is 4.72. The fourth-order valence-electron chi connectivity index (χ4n) is 1.36. The highest BCUT2D eigenvalue weighted by Crippen LogP contribution is 2.26. The Labute approximate surface area is 104 Å². The Balaban J connectivity index is 2.91. The van der Waals surface area contributed by atoms with Crippen molar-refractivity contribution in [1.29, 1.82) is 0 Å². The molecule has 0 aliphatic heterocycles. The molecule has 1 aromatic rings. The van der Waals surface area contributed by atoms with Gasteiger partial charge in [-0.05, 0) is 30.7 Å². The van der Waals surface area contributed by atoms with Gasteiger partial charge in [-0.15, -0.1) is 0 Å². The molecule has 0 saturated carbocycles. The molecule has 4 N–H and O–H groups in total. The zero-order valence-corrected chi connectivity index (χ0v) is 10.1. The lowest BCUT2D eigenvalue weighted by Crippen LogP contribution is -2.32. The number of hydrogen-bond acceptors (Lipinski definition) is 4. The lowest BCUT2D eigenvalue weighted by molar-refractivity contribution is -0.149. The molecule has 0 spiro atoms. The number of carbonyl (C=O) groups is 1. The monoisotopic (exact) mass is 260 g/mol. The van der Waals surface area contributed by atoms with Gasteiger partial charge < -0.3 is 16.2 Å². The Morgan fingerprint density at radius 2 is 2.24 bits per heavy atom. The molecule has 0 aliphatic rings. The maximum absolute atomic E-state index is 13.7. The SMILES string of the molecule is CCOC(=O)C(F)[C@@H](N)c1cc(Cl)ccc1N. The molecular weight excluding hydrogens is 247 g/mol. The van der Waals surface area contributed by atoms with E-state index in [4.69, 9.17) is 23.1 Å². The molecule has 0 radical (unpaired) electrons. The first-order valence-corrected chi connectivity index (χ1v) is 5.46. The van der Waals surface area contributed by atoms with Crippen LogP contribution >= 0.6 is 11.6 Å². The maximum atomic E-state index is 13.7. The molecule has 0 aromatic heterocycles. The number of anilines is 1. The van der Waals surface area contributed by atoms with E-state index >= 15 is 0 Å². The van der Waals surface area contributed by atoms with E-state index in [0.29, 0.717) is 5.02 Å². The van der Waals surface area contributed by atoms with Crippen LogP contribution in [0.1, 0.15) is 18.5 Å². The third kappa shape index (κ3) is 3.31. The molecule has 0 bridgehead atoms. The average Bonchev–Trinajstić information content (AvgIpc) is 2.30. The summed E-state index contributed by atoms with van der Waals surface area (Å²) in [6.07, 6.45) is -1.96. The van der Waals surface area contributed by atoms with Crippen LogP contribution in [0.2, 0.25) is 5.02 Å². The van der Waals surface area contributed by atoms with E-state index in [2.05, 4.69) is 4.74 Å². The number of rotatable bonds is 4. The second-order valence-electron chi connectivity index (χ2n) is 3.45. The molecule has 1 aromatic carbocycles. The van der Waals surface area contributed by atoms with E-state index in [0.717, 1.165) is 0 Å². The van der Waals surface area contributed by atoms with Crippen LogP contribution in [0.5, 0.6) is 0 Å². The molecule has 17 heavy (non-hydrogen) atoms. The van der Waals surface area contributed by atoms with Crippen molar-refractivity contribution in [3.63, 3.8) is 0 Å². The van der Waals surface area contributed by atoms with E-state index in [9.17, 15) is 9.18 Å². The van der Waals surface area contributed by atoms with Gasteiger partial charge in [-0.1, -0.05) is 11.6 Å². The van der Waals surface area contributed by atoms with Crippen LogP contribution in [-0.2, 0) is 9.53 Å². The molecule has 1 rings (SSSR count). The molecule has 94 valence electrons. The van der Waals surface area contributed by atoms with Crippen LogP contribution in [0.3, 0.4) is 0 Å². The molecule has 4 nitrogen and oxygen atoms in total. The standard InChI is InChI=1S/C11H14ClFN2O2/c1-2-17-11(16)9(13)10(15)7-5-6(12)3-4-8(7)14/h3-5,9-10H,2,14-15H2,1H3/t9?,10-/m0/s1. The highest BCUT2D eigenvalue weighted by molar-refractivity contribution is 6.30. The van der Waals surface area contributed by atoms with E-state index in [1.54, 1.807) is 13.0 Å². The van der Waals surface area contributed by atoms with Crippen molar-refractivity contribution in [1.82, 2.24) is 0 Å². The zero-order valence-electron chi connectivity index (χ0n) is 9.32. The number of nitrogen functional groups attached to an aromatic ring is 1. The number of halogens is 2. The second kappa shape index (κ2) is 5.84. The third-order valence-corrected chi connectivity index (χ3v) is 2.47. The van der Waals surface area contributed by atoms with Crippen LogP contribution in [0.4, 0.5) is 10.1 Å². The summed E-state index contributed by atoms with van der Waals surface area (Å²) in [5.41, 5.74) is 11.8. The van der Waals surface area contributed by atoms with Crippen molar-refractivity contribution in [2.75, 3.05) is 12.3 Å². The highest BCUT2D eigenvalue weighted by Gasteiger charge is 2.29. The molecule has 0 saturated heterocycles. The Hall–Kier alpha value is -1.33. The number of esters is 1. The van der Waals surface area contributed by atoms with Crippen LogP contribution < -0.4 is 11.5 Å². The summed E-state index contributed by atoms with van der Waals surface area (Å²) in [6.45, 7) is 1.68. The Bertz CT molecular complexity index is 414. The summed E-state index contributed by atoms with van der Waals surface area (Å²) in [7, 11) is 0. The van der Waals surface area contributed by atoms with Gasteiger partial charge in [0.2, 0.25) is 6.17 Å². The van der Waals surface area contributed by atoms with E-state index in [-0.39, 0.29) is 17.9 Å². The van der Waals surface area contributed by atoms with E-state index in [1.165, 1.54) is 12.1 Å². The normalized spacial score (nSPS) is 14.1. The molecule has 0 fully saturated rings. The van der Waals surface area contributed by atoms with Gasteiger partial charge in [0.25, 0.3) is 0 Å².